The van der Waals surface area contributed by atoms with Gasteiger partial charge in [-0.2, -0.15) is 0 Å². The number of amides is 1. The molecule has 0 bridgehead atoms. The second-order valence-electron chi connectivity index (χ2n) is 6.16. The third-order valence-electron chi connectivity index (χ3n) is 4.38. The van der Waals surface area contributed by atoms with E-state index in [9.17, 15) is 9.90 Å². The van der Waals surface area contributed by atoms with Crippen molar-refractivity contribution in [3.8, 4) is 0 Å². The van der Waals surface area contributed by atoms with Gasteiger partial charge in [-0.25, -0.2) is 0 Å². The van der Waals surface area contributed by atoms with Crippen molar-refractivity contribution in [2.24, 2.45) is 0 Å². The number of hydrogen-bond donors (Lipinski definition) is 3. The predicted octanol–water partition coefficient (Wildman–Crippen LogP) is 2.82. The molecule has 0 saturated heterocycles. The summed E-state index contributed by atoms with van der Waals surface area (Å²) in [5.74, 6) is -0.130. The average molecular weight is 286 g/mol. The molecular formula is C17H22N2O2. The van der Waals surface area contributed by atoms with Crippen LogP contribution in [0.2, 0.25) is 0 Å². The van der Waals surface area contributed by atoms with Crippen molar-refractivity contribution >= 4 is 16.8 Å². The van der Waals surface area contributed by atoms with Crippen molar-refractivity contribution in [1.29, 1.82) is 0 Å². The summed E-state index contributed by atoms with van der Waals surface area (Å²) >= 11 is 0. The molecule has 2 unspecified atom stereocenters. The lowest BCUT2D eigenvalue weighted by Crippen LogP contribution is -2.45. The van der Waals surface area contributed by atoms with Crippen LogP contribution in [0.25, 0.3) is 10.9 Å². The number of aromatic nitrogens is 1. The Morgan fingerprint density at radius 2 is 2.00 bits per heavy atom. The molecule has 2 atom stereocenters. The van der Waals surface area contributed by atoms with Crippen LogP contribution >= 0.6 is 0 Å². The Morgan fingerprint density at radius 1 is 1.24 bits per heavy atom. The number of fused-ring (bicyclic) bond motifs is 1. The summed E-state index contributed by atoms with van der Waals surface area (Å²) in [6.07, 6.45) is 3.31. The van der Waals surface area contributed by atoms with Crippen molar-refractivity contribution in [2.45, 2.75) is 51.7 Å². The highest BCUT2D eigenvalue weighted by Gasteiger charge is 2.25. The molecule has 1 aliphatic carbocycles. The van der Waals surface area contributed by atoms with Gasteiger partial charge >= 0.3 is 0 Å². The Morgan fingerprint density at radius 3 is 2.76 bits per heavy atom. The third kappa shape index (κ3) is 2.81. The van der Waals surface area contributed by atoms with Crippen LogP contribution in [0.1, 0.15) is 47.3 Å². The van der Waals surface area contributed by atoms with E-state index in [1.807, 2.05) is 13.0 Å². The smallest absolute Gasteiger partial charge is 0.268 e. The van der Waals surface area contributed by atoms with E-state index < -0.39 is 6.10 Å². The molecule has 1 aliphatic rings. The maximum atomic E-state index is 12.4. The number of aliphatic hydroxyl groups is 1. The molecule has 3 rings (SSSR count). The molecule has 1 fully saturated rings. The fraction of sp³-hybridized carbons (Fsp3) is 0.471. The lowest BCUT2D eigenvalue weighted by Gasteiger charge is -2.28. The lowest BCUT2D eigenvalue weighted by molar-refractivity contribution is 0.0714. The summed E-state index contributed by atoms with van der Waals surface area (Å²) in [5, 5.41) is 14.0. The molecule has 1 saturated carbocycles. The van der Waals surface area contributed by atoms with Crippen molar-refractivity contribution in [1.82, 2.24) is 10.3 Å². The zero-order valence-corrected chi connectivity index (χ0v) is 12.6. The van der Waals surface area contributed by atoms with E-state index >= 15 is 0 Å². The number of benzene rings is 1. The van der Waals surface area contributed by atoms with Gasteiger partial charge in [0.05, 0.1) is 12.1 Å². The molecule has 1 amide bonds. The normalized spacial score (nSPS) is 22.4. The van der Waals surface area contributed by atoms with E-state index in [1.165, 1.54) is 5.56 Å². The Kier molecular flexibility index (Phi) is 3.72. The first-order valence-corrected chi connectivity index (χ1v) is 7.63. The third-order valence-corrected chi connectivity index (χ3v) is 4.38. The number of aliphatic hydroxyl groups excluding tert-OH is 1. The molecule has 1 aromatic heterocycles. The minimum absolute atomic E-state index is 0.125. The van der Waals surface area contributed by atoms with Crippen molar-refractivity contribution in [3.63, 3.8) is 0 Å². The lowest BCUT2D eigenvalue weighted by atomic mass is 9.92. The summed E-state index contributed by atoms with van der Waals surface area (Å²) in [5.41, 5.74) is 3.90. The summed E-state index contributed by atoms with van der Waals surface area (Å²) in [6, 6.07) is 5.94. The topological polar surface area (TPSA) is 65.1 Å². The fourth-order valence-electron chi connectivity index (χ4n) is 3.25. The van der Waals surface area contributed by atoms with Gasteiger partial charge in [0, 0.05) is 10.9 Å². The Labute approximate surface area is 124 Å². The van der Waals surface area contributed by atoms with Crippen molar-refractivity contribution in [3.05, 3.63) is 35.0 Å². The van der Waals surface area contributed by atoms with Gasteiger partial charge in [0.25, 0.3) is 5.91 Å². The maximum Gasteiger partial charge on any atom is 0.268 e. The summed E-state index contributed by atoms with van der Waals surface area (Å²) in [6.45, 7) is 4.10. The van der Waals surface area contributed by atoms with Crippen molar-refractivity contribution < 1.29 is 9.90 Å². The number of carbonyl (C=O) groups excluding carboxylic acids is 1. The SMILES string of the molecule is Cc1cc(C)c2cc(C(=O)NC3CCCCC3O)[nH]c2c1. The summed E-state index contributed by atoms with van der Waals surface area (Å²) in [4.78, 5) is 15.6. The number of aryl methyl sites for hydroxylation is 2. The van der Waals surface area contributed by atoms with Crippen LogP contribution < -0.4 is 5.32 Å². The van der Waals surface area contributed by atoms with Crippen LogP contribution in [0.4, 0.5) is 0 Å². The Hall–Kier alpha value is -1.81. The van der Waals surface area contributed by atoms with E-state index in [0.717, 1.165) is 42.1 Å². The molecular weight excluding hydrogens is 264 g/mol. The summed E-state index contributed by atoms with van der Waals surface area (Å²) < 4.78 is 0. The van der Waals surface area contributed by atoms with E-state index in [0.29, 0.717) is 5.69 Å². The molecule has 3 N–H and O–H groups in total. The number of H-pyrrole nitrogens is 1. The van der Waals surface area contributed by atoms with Gasteiger partial charge in [0.15, 0.2) is 0 Å². The van der Waals surface area contributed by atoms with Gasteiger partial charge in [0.1, 0.15) is 5.69 Å². The van der Waals surface area contributed by atoms with E-state index in [1.54, 1.807) is 0 Å². The van der Waals surface area contributed by atoms with E-state index in [2.05, 4.69) is 29.4 Å². The molecule has 0 radical (unpaired) electrons. The van der Waals surface area contributed by atoms with E-state index in [-0.39, 0.29) is 11.9 Å². The van der Waals surface area contributed by atoms with Crippen molar-refractivity contribution in [2.75, 3.05) is 0 Å². The quantitative estimate of drug-likeness (QED) is 0.795. The first-order valence-electron chi connectivity index (χ1n) is 7.63. The minimum atomic E-state index is -0.420. The highest BCUT2D eigenvalue weighted by atomic mass is 16.3. The maximum absolute atomic E-state index is 12.4. The molecule has 0 aliphatic heterocycles. The second-order valence-corrected chi connectivity index (χ2v) is 6.16. The molecule has 4 nitrogen and oxygen atoms in total. The molecule has 4 heteroatoms. The van der Waals surface area contributed by atoms with Gasteiger partial charge in [-0.15, -0.1) is 0 Å². The van der Waals surface area contributed by atoms with Gasteiger partial charge < -0.3 is 15.4 Å². The zero-order valence-electron chi connectivity index (χ0n) is 12.6. The van der Waals surface area contributed by atoms with Gasteiger partial charge in [0.2, 0.25) is 0 Å². The number of rotatable bonds is 2. The number of carbonyl (C=O) groups is 1. The number of nitrogens with one attached hydrogen (secondary N) is 2. The fourth-order valence-corrected chi connectivity index (χ4v) is 3.25. The largest absolute Gasteiger partial charge is 0.391 e. The van der Waals surface area contributed by atoms with Crippen LogP contribution in [-0.4, -0.2) is 28.1 Å². The molecule has 1 aromatic carbocycles. The number of aromatic amines is 1. The predicted molar refractivity (Wildman–Crippen MR) is 83.5 cm³/mol. The van der Waals surface area contributed by atoms with Crippen LogP contribution in [0.3, 0.4) is 0 Å². The first-order chi connectivity index (χ1) is 10.0. The van der Waals surface area contributed by atoms with Crippen LogP contribution in [0, 0.1) is 13.8 Å². The summed E-state index contributed by atoms with van der Waals surface area (Å²) in [7, 11) is 0. The molecule has 21 heavy (non-hydrogen) atoms. The Balaban J connectivity index is 1.83. The molecule has 112 valence electrons. The minimum Gasteiger partial charge on any atom is -0.391 e. The van der Waals surface area contributed by atoms with Gasteiger partial charge in [-0.1, -0.05) is 18.9 Å². The second kappa shape index (κ2) is 5.53. The Bertz CT molecular complexity index is 675. The molecule has 2 aromatic rings. The average Bonchev–Trinajstić information content (AvgIpc) is 2.85. The number of hydrogen-bond acceptors (Lipinski definition) is 2. The van der Waals surface area contributed by atoms with E-state index in [4.69, 9.17) is 0 Å². The van der Waals surface area contributed by atoms with Crippen LogP contribution in [0.15, 0.2) is 18.2 Å². The highest BCUT2D eigenvalue weighted by molar-refractivity contribution is 5.99. The monoisotopic (exact) mass is 286 g/mol. The first kappa shape index (κ1) is 14.1. The molecule has 0 spiro atoms. The van der Waals surface area contributed by atoms with Gasteiger partial charge in [-0.3, -0.25) is 4.79 Å². The van der Waals surface area contributed by atoms with Crippen LogP contribution in [-0.2, 0) is 0 Å². The zero-order chi connectivity index (χ0) is 15.0. The van der Waals surface area contributed by atoms with Gasteiger partial charge in [-0.05, 0) is 49.9 Å². The van der Waals surface area contributed by atoms with Crippen LogP contribution in [0.5, 0.6) is 0 Å². The highest BCUT2D eigenvalue weighted by Crippen LogP contribution is 2.22. The standard InChI is InChI=1S/C17H22N2O2/c1-10-7-11(2)12-9-15(18-14(12)8-10)17(21)19-13-5-3-4-6-16(13)20/h7-9,13,16,18,20H,3-6H2,1-2H3,(H,19,21). The molecule has 1 heterocycles.